The molecule has 2 N–H and O–H groups in total. The average molecular weight is 420 g/mol. The van der Waals surface area contributed by atoms with Gasteiger partial charge in [-0.1, -0.05) is 34.1 Å². The summed E-state index contributed by atoms with van der Waals surface area (Å²) in [6, 6.07) is 12.2. The molecule has 0 bridgehead atoms. The number of hydrogen-bond acceptors (Lipinski definition) is 5. The molecule has 8 heteroatoms. The van der Waals surface area contributed by atoms with Crippen LogP contribution in [0.15, 0.2) is 46.9 Å². The largest absolute Gasteiger partial charge is 0.454 e. The Hall–Kier alpha value is -2.58. The minimum atomic E-state index is -0.594. The first-order valence-electron chi connectivity index (χ1n) is 7.93. The highest BCUT2D eigenvalue weighted by atomic mass is 79.9. The highest BCUT2D eigenvalue weighted by Crippen LogP contribution is 2.34. The van der Waals surface area contributed by atoms with Crippen molar-refractivity contribution in [2.75, 3.05) is 25.7 Å². The summed E-state index contributed by atoms with van der Waals surface area (Å²) in [5.41, 5.74) is 1.58. The first-order valence-corrected chi connectivity index (χ1v) is 8.73. The molecule has 3 rings (SSSR count). The van der Waals surface area contributed by atoms with Crippen molar-refractivity contribution in [1.29, 1.82) is 0 Å². The molecule has 0 unspecified atom stereocenters. The second kappa shape index (κ2) is 8.20. The quantitative estimate of drug-likeness (QED) is 0.778. The van der Waals surface area contributed by atoms with E-state index < -0.39 is 11.9 Å². The highest BCUT2D eigenvalue weighted by Gasteiger charge is 2.15. The van der Waals surface area contributed by atoms with Crippen molar-refractivity contribution in [2.24, 2.45) is 0 Å². The molecule has 0 aromatic heterocycles. The number of nitrogens with zero attached hydrogens (tertiary/aromatic N) is 1. The lowest BCUT2D eigenvalue weighted by Gasteiger charge is -2.17. The Morgan fingerprint density at radius 1 is 1.15 bits per heavy atom. The Kier molecular flexibility index (Phi) is 5.75. The van der Waals surface area contributed by atoms with E-state index in [2.05, 4.69) is 26.6 Å². The molecule has 0 spiro atoms. The Labute approximate surface area is 159 Å². The van der Waals surface area contributed by atoms with Gasteiger partial charge >= 0.3 is 6.03 Å². The number of benzene rings is 2. The van der Waals surface area contributed by atoms with Gasteiger partial charge in [-0.05, 0) is 30.8 Å². The molecule has 136 valence electrons. The lowest BCUT2D eigenvalue weighted by Crippen LogP contribution is -2.40. The first-order chi connectivity index (χ1) is 12.5. The SMILES string of the molecule is CN(CC(=O)NC(=O)Nc1ccc2c(c1)OCO2)Cc1ccccc1Br. The molecular formula is C18H18BrN3O4. The third kappa shape index (κ3) is 4.74. The van der Waals surface area contributed by atoms with Crippen LogP contribution in [0.3, 0.4) is 0 Å². The Morgan fingerprint density at radius 2 is 1.92 bits per heavy atom. The Bertz CT molecular complexity index is 828. The van der Waals surface area contributed by atoms with Crippen LogP contribution in [-0.2, 0) is 11.3 Å². The van der Waals surface area contributed by atoms with Gasteiger partial charge in [0.25, 0.3) is 0 Å². The van der Waals surface area contributed by atoms with Gasteiger partial charge in [-0.25, -0.2) is 4.79 Å². The zero-order valence-electron chi connectivity index (χ0n) is 14.1. The number of carbonyl (C=O) groups is 2. The molecule has 2 aromatic carbocycles. The van der Waals surface area contributed by atoms with Crippen LogP contribution in [0.1, 0.15) is 5.56 Å². The third-order valence-electron chi connectivity index (χ3n) is 3.70. The van der Waals surface area contributed by atoms with Crippen LogP contribution in [-0.4, -0.2) is 37.2 Å². The number of nitrogens with one attached hydrogen (secondary N) is 2. The number of anilines is 1. The number of fused-ring (bicyclic) bond motifs is 1. The number of rotatable bonds is 5. The van der Waals surface area contributed by atoms with Crippen LogP contribution >= 0.6 is 15.9 Å². The molecule has 1 aliphatic rings. The van der Waals surface area contributed by atoms with Crippen molar-refractivity contribution < 1.29 is 19.1 Å². The summed E-state index contributed by atoms with van der Waals surface area (Å²) < 4.78 is 11.4. The maximum atomic E-state index is 12.0. The second-order valence-corrected chi connectivity index (χ2v) is 6.69. The molecule has 0 radical (unpaired) electrons. The van der Waals surface area contributed by atoms with Gasteiger partial charge < -0.3 is 14.8 Å². The molecule has 2 aromatic rings. The molecule has 0 atom stereocenters. The summed E-state index contributed by atoms with van der Waals surface area (Å²) in [5, 5.41) is 4.92. The number of carbonyl (C=O) groups excluding carboxylic acids is 2. The van der Waals surface area contributed by atoms with Crippen LogP contribution in [0.5, 0.6) is 11.5 Å². The fraction of sp³-hybridized carbons (Fsp3) is 0.222. The fourth-order valence-corrected chi connectivity index (χ4v) is 2.93. The van der Waals surface area contributed by atoms with Gasteiger partial charge in [0.15, 0.2) is 11.5 Å². The van der Waals surface area contributed by atoms with E-state index in [1.165, 1.54) is 0 Å². The van der Waals surface area contributed by atoms with Crippen LogP contribution in [0.4, 0.5) is 10.5 Å². The predicted molar refractivity (Wildman–Crippen MR) is 100 cm³/mol. The lowest BCUT2D eigenvalue weighted by atomic mass is 10.2. The topological polar surface area (TPSA) is 79.9 Å². The van der Waals surface area contributed by atoms with Crippen molar-refractivity contribution in [3.05, 3.63) is 52.5 Å². The first kappa shape index (κ1) is 18.2. The van der Waals surface area contributed by atoms with Gasteiger partial charge in [-0.15, -0.1) is 0 Å². The van der Waals surface area contributed by atoms with Crippen molar-refractivity contribution >= 4 is 33.6 Å². The Morgan fingerprint density at radius 3 is 2.73 bits per heavy atom. The number of halogens is 1. The Balaban J connectivity index is 1.48. The molecule has 7 nitrogen and oxygen atoms in total. The van der Waals surface area contributed by atoms with Crippen LogP contribution in [0.2, 0.25) is 0 Å². The minimum Gasteiger partial charge on any atom is -0.454 e. The summed E-state index contributed by atoms with van der Waals surface area (Å²) in [5.74, 6) is 0.792. The van der Waals surface area contributed by atoms with Crippen LogP contribution in [0, 0.1) is 0 Å². The van der Waals surface area contributed by atoms with Crippen molar-refractivity contribution in [3.63, 3.8) is 0 Å². The summed E-state index contributed by atoms with van der Waals surface area (Å²) in [6.45, 7) is 0.835. The van der Waals surface area contributed by atoms with Gasteiger partial charge in [0.1, 0.15) is 0 Å². The van der Waals surface area contributed by atoms with E-state index in [4.69, 9.17) is 9.47 Å². The molecular weight excluding hydrogens is 402 g/mol. The molecule has 26 heavy (non-hydrogen) atoms. The normalized spacial score (nSPS) is 12.1. The van der Waals surface area contributed by atoms with Crippen molar-refractivity contribution in [2.45, 2.75) is 6.54 Å². The smallest absolute Gasteiger partial charge is 0.325 e. The van der Waals surface area contributed by atoms with E-state index in [0.717, 1.165) is 10.0 Å². The molecule has 0 fully saturated rings. The summed E-state index contributed by atoms with van der Waals surface area (Å²) in [6.07, 6.45) is 0. The third-order valence-corrected chi connectivity index (χ3v) is 4.47. The number of ether oxygens (including phenoxy) is 2. The van der Waals surface area contributed by atoms with E-state index in [9.17, 15) is 9.59 Å². The zero-order chi connectivity index (χ0) is 18.5. The molecule has 0 saturated heterocycles. The molecule has 1 heterocycles. The van der Waals surface area contributed by atoms with Gasteiger partial charge in [0.2, 0.25) is 12.7 Å². The second-order valence-electron chi connectivity index (χ2n) is 5.83. The van der Waals surface area contributed by atoms with Gasteiger partial charge in [-0.2, -0.15) is 0 Å². The number of hydrogen-bond donors (Lipinski definition) is 2. The van der Waals surface area contributed by atoms with Crippen LogP contribution in [0.25, 0.3) is 0 Å². The number of likely N-dealkylation sites (N-methyl/N-ethyl adjacent to an activating group) is 1. The van der Waals surface area contributed by atoms with Gasteiger partial charge in [-0.3, -0.25) is 15.0 Å². The highest BCUT2D eigenvalue weighted by molar-refractivity contribution is 9.10. The van der Waals surface area contributed by atoms with E-state index in [1.807, 2.05) is 36.2 Å². The van der Waals surface area contributed by atoms with Crippen LogP contribution < -0.4 is 20.1 Å². The summed E-state index contributed by atoms with van der Waals surface area (Å²) in [7, 11) is 1.81. The van der Waals surface area contributed by atoms with Gasteiger partial charge in [0, 0.05) is 22.8 Å². The molecule has 1 aliphatic heterocycles. The van der Waals surface area contributed by atoms with E-state index in [0.29, 0.717) is 23.7 Å². The average Bonchev–Trinajstić information content (AvgIpc) is 3.04. The standard InChI is InChI=1S/C18H18BrN3O4/c1-22(9-12-4-2-3-5-14(12)19)10-17(23)21-18(24)20-13-6-7-15-16(8-13)26-11-25-15/h2-8H,9-11H2,1H3,(H2,20,21,23,24). The lowest BCUT2D eigenvalue weighted by molar-refractivity contribution is -0.120. The molecule has 0 aliphatic carbocycles. The monoisotopic (exact) mass is 419 g/mol. The number of amides is 3. The van der Waals surface area contributed by atoms with Gasteiger partial charge in [0.05, 0.1) is 6.54 Å². The maximum absolute atomic E-state index is 12.0. The van der Waals surface area contributed by atoms with Crippen molar-refractivity contribution in [3.8, 4) is 11.5 Å². The predicted octanol–water partition coefficient (Wildman–Crippen LogP) is 2.96. The maximum Gasteiger partial charge on any atom is 0.325 e. The fourth-order valence-electron chi connectivity index (χ4n) is 2.52. The molecule has 0 saturated carbocycles. The zero-order valence-corrected chi connectivity index (χ0v) is 15.7. The van der Waals surface area contributed by atoms with E-state index in [-0.39, 0.29) is 13.3 Å². The minimum absolute atomic E-state index is 0.0931. The number of urea groups is 1. The van der Waals surface area contributed by atoms with Crippen molar-refractivity contribution in [1.82, 2.24) is 10.2 Å². The summed E-state index contributed by atoms with van der Waals surface area (Å²) >= 11 is 3.48. The molecule has 3 amide bonds. The van der Waals surface area contributed by atoms with E-state index in [1.54, 1.807) is 18.2 Å². The summed E-state index contributed by atoms with van der Waals surface area (Å²) in [4.78, 5) is 25.8. The number of imide groups is 1. The van der Waals surface area contributed by atoms with E-state index >= 15 is 0 Å².